The van der Waals surface area contributed by atoms with Gasteiger partial charge in [-0.15, -0.1) is 0 Å². The SMILES string of the molecule is O=C(N/N=C\c1c[nH]c2ccccc12)c1cc(Br)ccc1OCc1ccccc1. The third-order valence-corrected chi connectivity index (χ3v) is 4.91. The van der Waals surface area contributed by atoms with Crippen molar-refractivity contribution in [3.05, 3.63) is 100 Å². The van der Waals surface area contributed by atoms with E-state index in [-0.39, 0.29) is 5.91 Å². The molecule has 0 unspecified atom stereocenters. The molecular formula is C23H18BrN3O2. The second kappa shape index (κ2) is 8.75. The Bertz CT molecular complexity index is 1170. The fourth-order valence-electron chi connectivity index (χ4n) is 2.96. The highest BCUT2D eigenvalue weighted by Crippen LogP contribution is 2.24. The molecule has 144 valence electrons. The van der Waals surface area contributed by atoms with Gasteiger partial charge in [0.25, 0.3) is 5.91 Å². The van der Waals surface area contributed by atoms with Crippen LogP contribution in [0.15, 0.2) is 88.6 Å². The average molecular weight is 448 g/mol. The third kappa shape index (κ3) is 4.55. The van der Waals surface area contributed by atoms with E-state index in [1.165, 1.54) is 0 Å². The molecule has 0 saturated heterocycles. The molecule has 0 aliphatic rings. The van der Waals surface area contributed by atoms with Crippen LogP contribution in [0.25, 0.3) is 10.9 Å². The van der Waals surface area contributed by atoms with Gasteiger partial charge in [-0.3, -0.25) is 4.79 Å². The summed E-state index contributed by atoms with van der Waals surface area (Å²) in [5, 5.41) is 5.16. The second-order valence-corrected chi connectivity index (χ2v) is 7.32. The standard InChI is InChI=1S/C23H18BrN3O2/c24-18-10-11-22(29-15-16-6-2-1-3-7-16)20(12-18)23(28)27-26-14-17-13-25-21-9-5-4-8-19(17)21/h1-14,25H,15H2,(H,27,28)/b26-14-. The Kier molecular flexibility index (Phi) is 5.72. The average Bonchev–Trinajstić information content (AvgIpc) is 3.17. The van der Waals surface area contributed by atoms with E-state index in [0.717, 1.165) is 26.5 Å². The predicted octanol–water partition coefficient (Wildman–Crippen LogP) is 5.27. The maximum Gasteiger partial charge on any atom is 0.275 e. The number of hydrogen-bond acceptors (Lipinski definition) is 3. The van der Waals surface area contributed by atoms with E-state index in [1.54, 1.807) is 18.3 Å². The Balaban J connectivity index is 1.48. The second-order valence-electron chi connectivity index (χ2n) is 6.40. The smallest absolute Gasteiger partial charge is 0.275 e. The number of aromatic amines is 1. The van der Waals surface area contributed by atoms with Crippen LogP contribution in [-0.4, -0.2) is 17.1 Å². The minimum absolute atomic E-state index is 0.342. The monoisotopic (exact) mass is 447 g/mol. The summed E-state index contributed by atoms with van der Waals surface area (Å²) in [5.74, 6) is 0.155. The number of carbonyl (C=O) groups excluding carboxylic acids is 1. The third-order valence-electron chi connectivity index (χ3n) is 4.41. The van der Waals surface area contributed by atoms with Crippen LogP contribution in [0.1, 0.15) is 21.5 Å². The Morgan fingerprint density at radius 2 is 1.86 bits per heavy atom. The van der Waals surface area contributed by atoms with Crippen molar-refractivity contribution in [3.8, 4) is 5.75 Å². The summed E-state index contributed by atoms with van der Waals surface area (Å²) < 4.78 is 6.66. The van der Waals surface area contributed by atoms with Gasteiger partial charge in [0.05, 0.1) is 11.8 Å². The predicted molar refractivity (Wildman–Crippen MR) is 118 cm³/mol. The fraction of sp³-hybridized carbons (Fsp3) is 0.0435. The number of hydrogen-bond donors (Lipinski definition) is 2. The molecule has 5 nitrogen and oxygen atoms in total. The molecule has 3 aromatic carbocycles. The van der Waals surface area contributed by atoms with Crippen LogP contribution in [0, 0.1) is 0 Å². The number of nitrogens with zero attached hydrogens (tertiary/aromatic N) is 1. The van der Waals surface area contributed by atoms with Crippen LogP contribution >= 0.6 is 15.9 Å². The van der Waals surface area contributed by atoms with Gasteiger partial charge in [0, 0.05) is 27.1 Å². The number of rotatable bonds is 6. The van der Waals surface area contributed by atoms with Crippen LogP contribution in [0.4, 0.5) is 0 Å². The van der Waals surface area contributed by atoms with Crippen molar-refractivity contribution < 1.29 is 9.53 Å². The Hall–Kier alpha value is -3.38. The van der Waals surface area contributed by atoms with Gasteiger partial charge in [0.2, 0.25) is 0 Å². The van der Waals surface area contributed by atoms with Crippen LogP contribution in [0.2, 0.25) is 0 Å². The van der Waals surface area contributed by atoms with Crippen molar-refractivity contribution in [1.82, 2.24) is 10.4 Å². The van der Waals surface area contributed by atoms with Gasteiger partial charge < -0.3 is 9.72 Å². The minimum Gasteiger partial charge on any atom is -0.488 e. The van der Waals surface area contributed by atoms with Crippen molar-refractivity contribution in [3.63, 3.8) is 0 Å². The van der Waals surface area contributed by atoms with Crippen molar-refractivity contribution >= 4 is 39.0 Å². The largest absolute Gasteiger partial charge is 0.488 e. The molecular weight excluding hydrogens is 430 g/mol. The zero-order chi connectivity index (χ0) is 20.1. The van der Waals surface area contributed by atoms with Crippen molar-refractivity contribution in [2.24, 2.45) is 5.10 Å². The molecule has 1 amide bonds. The van der Waals surface area contributed by atoms with Crippen LogP contribution in [0.5, 0.6) is 5.75 Å². The van der Waals surface area contributed by atoms with E-state index in [0.29, 0.717) is 17.9 Å². The molecule has 0 saturated carbocycles. The number of fused-ring (bicyclic) bond motifs is 1. The highest BCUT2D eigenvalue weighted by Gasteiger charge is 2.13. The van der Waals surface area contributed by atoms with Crippen LogP contribution in [0.3, 0.4) is 0 Å². The van der Waals surface area contributed by atoms with Gasteiger partial charge in [-0.05, 0) is 29.8 Å². The summed E-state index contributed by atoms with van der Waals surface area (Å²) in [4.78, 5) is 15.9. The maximum atomic E-state index is 12.7. The number of H-pyrrole nitrogens is 1. The van der Waals surface area contributed by atoms with Gasteiger partial charge >= 0.3 is 0 Å². The molecule has 2 N–H and O–H groups in total. The molecule has 1 aromatic heterocycles. The molecule has 4 aromatic rings. The first-order valence-electron chi connectivity index (χ1n) is 9.06. The summed E-state index contributed by atoms with van der Waals surface area (Å²) in [6.07, 6.45) is 3.48. The highest BCUT2D eigenvalue weighted by molar-refractivity contribution is 9.10. The maximum absolute atomic E-state index is 12.7. The molecule has 0 radical (unpaired) electrons. The number of halogens is 1. The zero-order valence-electron chi connectivity index (χ0n) is 15.4. The van der Waals surface area contributed by atoms with Gasteiger partial charge in [-0.1, -0.05) is 64.5 Å². The van der Waals surface area contributed by atoms with Gasteiger partial charge in [-0.2, -0.15) is 5.10 Å². The first-order valence-corrected chi connectivity index (χ1v) is 9.86. The first-order chi connectivity index (χ1) is 14.2. The molecule has 4 rings (SSSR count). The number of hydrazone groups is 1. The molecule has 0 aliphatic carbocycles. The van der Waals surface area contributed by atoms with Crippen LogP contribution in [-0.2, 0) is 6.61 Å². The number of benzene rings is 3. The lowest BCUT2D eigenvalue weighted by Gasteiger charge is -2.11. The van der Waals surface area contributed by atoms with E-state index in [9.17, 15) is 4.79 Å². The van der Waals surface area contributed by atoms with Gasteiger partial charge in [0.15, 0.2) is 0 Å². The molecule has 0 spiro atoms. The molecule has 1 heterocycles. The van der Waals surface area contributed by atoms with Gasteiger partial charge in [-0.25, -0.2) is 5.43 Å². The molecule has 29 heavy (non-hydrogen) atoms. The van der Waals surface area contributed by atoms with Crippen molar-refractivity contribution in [2.45, 2.75) is 6.61 Å². The Labute approximate surface area is 176 Å². The van der Waals surface area contributed by atoms with E-state index in [4.69, 9.17) is 4.74 Å². The number of amides is 1. The van der Waals surface area contributed by atoms with Crippen LogP contribution < -0.4 is 10.2 Å². The fourth-order valence-corrected chi connectivity index (χ4v) is 3.32. The summed E-state index contributed by atoms with van der Waals surface area (Å²) in [5.41, 5.74) is 5.94. The summed E-state index contributed by atoms with van der Waals surface area (Å²) in [6.45, 7) is 0.376. The number of nitrogens with one attached hydrogen (secondary N) is 2. The Morgan fingerprint density at radius 1 is 1.07 bits per heavy atom. The zero-order valence-corrected chi connectivity index (χ0v) is 17.0. The minimum atomic E-state index is -0.342. The lowest BCUT2D eigenvalue weighted by Crippen LogP contribution is -2.18. The van der Waals surface area contributed by atoms with E-state index < -0.39 is 0 Å². The number of ether oxygens (including phenoxy) is 1. The summed E-state index contributed by atoms with van der Waals surface area (Å²) in [6, 6.07) is 23.1. The van der Waals surface area contributed by atoms with E-state index >= 15 is 0 Å². The Morgan fingerprint density at radius 3 is 2.72 bits per heavy atom. The topological polar surface area (TPSA) is 66.5 Å². The number of aromatic nitrogens is 1. The van der Waals surface area contributed by atoms with E-state index in [2.05, 4.69) is 31.4 Å². The summed E-state index contributed by atoms with van der Waals surface area (Å²) in [7, 11) is 0. The molecule has 0 atom stereocenters. The quantitative estimate of drug-likeness (QED) is 0.312. The lowest BCUT2D eigenvalue weighted by molar-refractivity contribution is 0.0950. The molecule has 0 aliphatic heterocycles. The summed E-state index contributed by atoms with van der Waals surface area (Å²) >= 11 is 3.41. The van der Waals surface area contributed by atoms with Gasteiger partial charge in [0.1, 0.15) is 12.4 Å². The number of carbonyl (C=O) groups is 1. The lowest BCUT2D eigenvalue weighted by atomic mass is 10.2. The highest BCUT2D eigenvalue weighted by atomic mass is 79.9. The molecule has 6 heteroatoms. The number of para-hydroxylation sites is 1. The molecule has 0 fully saturated rings. The normalized spacial score (nSPS) is 11.1. The first kappa shape index (κ1) is 19.0. The van der Waals surface area contributed by atoms with Crippen molar-refractivity contribution in [1.29, 1.82) is 0 Å². The van der Waals surface area contributed by atoms with Crippen molar-refractivity contribution in [2.75, 3.05) is 0 Å². The molecule has 0 bridgehead atoms. The van der Waals surface area contributed by atoms with E-state index in [1.807, 2.05) is 66.9 Å².